The SMILES string of the molecule is CCCCC1CCC2CC(C3CCc4cc(CCC)ccc4C3)CCC2C1. The summed E-state index contributed by atoms with van der Waals surface area (Å²) in [5.74, 6) is 5.25. The zero-order valence-electron chi connectivity index (χ0n) is 18.0. The van der Waals surface area contributed by atoms with Crippen LogP contribution in [0.3, 0.4) is 0 Å². The Kier molecular flexibility index (Phi) is 6.62. The average molecular weight is 367 g/mol. The molecule has 3 aliphatic rings. The normalized spacial score (nSPS) is 33.3. The second-order valence-electron chi connectivity index (χ2n) is 10.3. The maximum atomic E-state index is 2.53. The van der Waals surface area contributed by atoms with Crippen LogP contribution in [-0.2, 0) is 19.3 Å². The maximum Gasteiger partial charge on any atom is -0.0245 e. The lowest BCUT2D eigenvalue weighted by molar-refractivity contribution is 0.0691. The third-order valence-corrected chi connectivity index (χ3v) is 8.47. The van der Waals surface area contributed by atoms with Crippen molar-refractivity contribution in [2.75, 3.05) is 0 Å². The van der Waals surface area contributed by atoms with Crippen molar-refractivity contribution in [3.63, 3.8) is 0 Å². The van der Waals surface area contributed by atoms with Crippen LogP contribution < -0.4 is 0 Å². The molecule has 1 aromatic rings. The molecule has 5 atom stereocenters. The Balaban J connectivity index is 1.32. The van der Waals surface area contributed by atoms with Crippen molar-refractivity contribution in [1.29, 1.82) is 0 Å². The van der Waals surface area contributed by atoms with Crippen LogP contribution in [0.2, 0.25) is 0 Å². The van der Waals surface area contributed by atoms with Gasteiger partial charge in [0.05, 0.1) is 0 Å². The highest BCUT2D eigenvalue weighted by molar-refractivity contribution is 5.34. The summed E-state index contributed by atoms with van der Waals surface area (Å²) in [6.45, 7) is 4.65. The van der Waals surface area contributed by atoms with Gasteiger partial charge in [-0.25, -0.2) is 0 Å². The number of unbranched alkanes of at least 4 members (excludes halogenated alkanes) is 1. The third kappa shape index (κ3) is 4.63. The first kappa shape index (κ1) is 19.5. The fourth-order valence-corrected chi connectivity index (χ4v) is 6.89. The predicted molar refractivity (Wildman–Crippen MR) is 117 cm³/mol. The minimum absolute atomic E-state index is 0.980. The number of hydrogen-bond acceptors (Lipinski definition) is 0. The van der Waals surface area contributed by atoms with E-state index in [0.717, 1.165) is 29.6 Å². The van der Waals surface area contributed by atoms with Gasteiger partial charge < -0.3 is 0 Å². The van der Waals surface area contributed by atoms with Crippen LogP contribution in [0.25, 0.3) is 0 Å². The molecule has 3 aliphatic carbocycles. The van der Waals surface area contributed by atoms with Crippen molar-refractivity contribution >= 4 is 0 Å². The first-order valence-corrected chi connectivity index (χ1v) is 12.4. The van der Waals surface area contributed by atoms with Crippen molar-refractivity contribution in [2.24, 2.45) is 29.6 Å². The monoisotopic (exact) mass is 366 g/mol. The molecule has 0 radical (unpaired) electrons. The Labute approximate surface area is 168 Å². The molecule has 0 aliphatic heterocycles. The van der Waals surface area contributed by atoms with Crippen LogP contribution in [0.15, 0.2) is 18.2 Å². The molecular formula is C27H42. The van der Waals surface area contributed by atoms with E-state index >= 15 is 0 Å². The molecule has 0 spiro atoms. The van der Waals surface area contributed by atoms with Gasteiger partial charge in [0.2, 0.25) is 0 Å². The van der Waals surface area contributed by atoms with Gasteiger partial charge in [0.1, 0.15) is 0 Å². The van der Waals surface area contributed by atoms with E-state index in [2.05, 4.69) is 32.0 Å². The summed E-state index contributed by atoms with van der Waals surface area (Å²) in [6.07, 6.45) is 20.4. The van der Waals surface area contributed by atoms with Gasteiger partial charge >= 0.3 is 0 Å². The molecule has 0 heterocycles. The van der Waals surface area contributed by atoms with Crippen LogP contribution >= 0.6 is 0 Å². The van der Waals surface area contributed by atoms with Gasteiger partial charge in [0.15, 0.2) is 0 Å². The van der Waals surface area contributed by atoms with E-state index in [1.54, 1.807) is 48.8 Å². The Bertz CT molecular complexity index is 600. The van der Waals surface area contributed by atoms with Gasteiger partial charge in [-0.3, -0.25) is 0 Å². The van der Waals surface area contributed by atoms with Crippen LogP contribution in [0.5, 0.6) is 0 Å². The zero-order chi connectivity index (χ0) is 18.6. The van der Waals surface area contributed by atoms with Crippen molar-refractivity contribution in [2.45, 2.75) is 104 Å². The smallest absolute Gasteiger partial charge is 0.0245 e. The molecule has 1 aromatic carbocycles. The molecule has 27 heavy (non-hydrogen) atoms. The van der Waals surface area contributed by atoms with E-state index in [1.165, 1.54) is 57.8 Å². The van der Waals surface area contributed by atoms with Crippen molar-refractivity contribution in [3.8, 4) is 0 Å². The molecule has 0 nitrogen and oxygen atoms in total. The molecule has 2 saturated carbocycles. The van der Waals surface area contributed by atoms with E-state index < -0.39 is 0 Å². The van der Waals surface area contributed by atoms with Crippen LogP contribution in [0, 0.1) is 29.6 Å². The molecule has 0 bridgehead atoms. The second-order valence-corrected chi connectivity index (χ2v) is 10.3. The minimum atomic E-state index is 0.980. The standard InChI is InChI=1S/C27H42/c1-3-5-7-21-9-11-25-19-27(15-13-23(25)17-21)26-14-12-22-16-20(6-4-2)8-10-24(22)18-26/h8,10,16,21,23,25-27H,3-7,9,11-15,17-19H2,1-2H3. The fraction of sp³-hybridized carbons (Fsp3) is 0.778. The van der Waals surface area contributed by atoms with Crippen molar-refractivity contribution in [1.82, 2.24) is 0 Å². The van der Waals surface area contributed by atoms with Crippen LogP contribution in [0.4, 0.5) is 0 Å². The van der Waals surface area contributed by atoms with Gasteiger partial charge in [-0.05, 0) is 104 Å². The first-order valence-electron chi connectivity index (χ1n) is 12.4. The quantitative estimate of drug-likeness (QED) is 0.482. The largest absolute Gasteiger partial charge is 0.0654 e. The highest BCUT2D eigenvalue weighted by Gasteiger charge is 2.38. The van der Waals surface area contributed by atoms with E-state index in [1.807, 2.05) is 0 Å². The Morgan fingerprint density at radius 2 is 1.56 bits per heavy atom. The van der Waals surface area contributed by atoms with Crippen molar-refractivity contribution in [3.05, 3.63) is 34.9 Å². The van der Waals surface area contributed by atoms with E-state index in [-0.39, 0.29) is 0 Å². The average Bonchev–Trinajstić information content (AvgIpc) is 2.71. The number of aryl methyl sites for hydroxylation is 2. The molecule has 0 amide bonds. The molecule has 0 N–H and O–H groups in total. The molecule has 2 fully saturated rings. The molecule has 0 saturated heterocycles. The van der Waals surface area contributed by atoms with Crippen LogP contribution in [0.1, 0.15) is 101 Å². The maximum absolute atomic E-state index is 2.53. The highest BCUT2D eigenvalue weighted by Crippen LogP contribution is 2.49. The Morgan fingerprint density at radius 1 is 0.778 bits per heavy atom. The van der Waals surface area contributed by atoms with Gasteiger partial charge in [0, 0.05) is 0 Å². The zero-order valence-corrected chi connectivity index (χ0v) is 18.0. The number of fused-ring (bicyclic) bond motifs is 2. The topological polar surface area (TPSA) is 0 Å². The fourth-order valence-electron chi connectivity index (χ4n) is 6.89. The lowest BCUT2D eigenvalue weighted by Crippen LogP contribution is -2.35. The molecule has 5 unspecified atom stereocenters. The second kappa shape index (κ2) is 9.15. The van der Waals surface area contributed by atoms with Gasteiger partial charge in [-0.2, -0.15) is 0 Å². The van der Waals surface area contributed by atoms with Crippen LogP contribution in [-0.4, -0.2) is 0 Å². The first-order chi connectivity index (χ1) is 13.3. The summed E-state index contributed by atoms with van der Waals surface area (Å²) >= 11 is 0. The van der Waals surface area contributed by atoms with E-state index in [0.29, 0.717) is 0 Å². The molecule has 150 valence electrons. The third-order valence-electron chi connectivity index (χ3n) is 8.47. The molecule has 0 aromatic heterocycles. The summed E-state index contributed by atoms with van der Waals surface area (Å²) in [6, 6.07) is 7.43. The lowest BCUT2D eigenvalue weighted by atomic mass is 9.61. The molecule has 0 heteroatoms. The van der Waals surface area contributed by atoms with Crippen molar-refractivity contribution < 1.29 is 0 Å². The highest BCUT2D eigenvalue weighted by atomic mass is 14.4. The summed E-state index contributed by atoms with van der Waals surface area (Å²) in [7, 11) is 0. The Morgan fingerprint density at radius 3 is 2.37 bits per heavy atom. The summed E-state index contributed by atoms with van der Waals surface area (Å²) in [4.78, 5) is 0. The summed E-state index contributed by atoms with van der Waals surface area (Å²) < 4.78 is 0. The van der Waals surface area contributed by atoms with E-state index in [9.17, 15) is 0 Å². The number of benzene rings is 1. The van der Waals surface area contributed by atoms with Gasteiger partial charge in [-0.1, -0.05) is 64.2 Å². The summed E-state index contributed by atoms with van der Waals surface area (Å²) in [5, 5.41) is 0. The van der Waals surface area contributed by atoms with E-state index in [4.69, 9.17) is 0 Å². The summed E-state index contributed by atoms with van der Waals surface area (Å²) in [5.41, 5.74) is 4.94. The lowest BCUT2D eigenvalue weighted by Gasteiger charge is -2.45. The van der Waals surface area contributed by atoms with Gasteiger partial charge in [-0.15, -0.1) is 0 Å². The number of hydrogen-bond donors (Lipinski definition) is 0. The molecular weight excluding hydrogens is 324 g/mol. The molecule has 4 rings (SSSR count). The number of rotatable bonds is 6. The Hall–Kier alpha value is -0.780. The minimum Gasteiger partial charge on any atom is -0.0654 e. The predicted octanol–water partition coefficient (Wildman–Crippen LogP) is 7.77. The van der Waals surface area contributed by atoms with Gasteiger partial charge in [0.25, 0.3) is 0 Å².